The number of fused-ring (bicyclic) bond motifs is 3. The summed E-state index contributed by atoms with van der Waals surface area (Å²) >= 11 is 6.27. The quantitative estimate of drug-likeness (QED) is 0.705. The highest BCUT2D eigenvalue weighted by Gasteiger charge is 2.30. The van der Waals surface area contributed by atoms with Gasteiger partial charge in [0.1, 0.15) is 0 Å². The van der Waals surface area contributed by atoms with Crippen LogP contribution in [0.5, 0.6) is 0 Å². The van der Waals surface area contributed by atoms with Crippen LogP contribution in [0.3, 0.4) is 0 Å². The first-order valence-electron chi connectivity index (χ1n) is 8.05. The van der Waals surface area contributed by atoms with Crippen molar-refractivity contribution in [3.05, 3.63) is 69.6 Å². The number of aromatic nitrogens is 3. The summed E-state index contributed by atoms with van der Waals surface area (Å²) in [6, 6.07) is 7.48. The van der Waals surface area contributed by atoms with Gasteiger partial charge in [0.25, 0.3) is 5.91 Å². The lowest BCUT2D eigenvalue weighted by Gasteiger charge is -2.17. The van der Waals surface area contributed by atoms with E-state index in [1.54, 1.807) is 15.5 Å². The SMILES string of the molecule is C=Cc1ccccc1C(=O)N1Cc2nn3c(C)c(Cl)c(C)nc3c2C1. The van der Waals surface area contributed by atoms with Gasteiger partial charge in [0.05, 0.1) is 35.2 Å². The van der Waals surface area contributed by atoms with E-state index in [2.05, 4.69) is 16.7 Å². The van der Waals surface area contributed by atoms with E-state index in [-0.39, 0.29) is 5.91 Å². The Kier molecular flexibility index (Phi) is 3.62. The predicted octanol–water partition coefficient (Wildman–Crippen LogP) is 3.80. The summed E-state index contributed by atoms with van der Waals surface area (Å²) in [5, 5.41) is 5.25. The van der Waals surface area contributed by atoms with Crippen LogP contribution in [0.25, 0.3) is 11.7 Å². The van der Waals surface area contributed by atoms with Crippen LogP contribution >= 0.6 is 11.6 Å². The minimum absolute atomic E-state index is 0.0194. The second-order valence-corrected chi connectivity index (χ2v) is 6.59. The number of halogens is 1. The van der Waals surface area contributed by atoms with Crippen molar-refractivity contribution in [2.45, 2.75) is 26.9 Å². The van der Waals surface area contributed by atoms with Gasteiger partial charge in [0, 0.05) is 11.1 Å². The predicted molar refractivity (Wildman–Crippen MR) is 97.6 cm³/mol. The van der Waals surface area contributed by atoms with Gasteiger partial charge in [-0.2, -0.15) is 5.10 Å². The number of hydrogen-bond donors (Lipinski definition) is 0. The molecular weight excluding hydrogens is 336 g/mol. The minimum atomic E-state index is -0.0194. The molecule has 0 atom stereocenters. The molecule has 4 rings (SSSR count). The maximum Gasteiger partial charge on any atom is 0.255 e. The Bertz CT molecular complexity index is 1040. The molecule has 0 saturated carbocycles. The first-order chi connectivity index (χ1) is 12.0. The Hall–Kier alpha value is -2.66. The smallest absolute Gasteiger partial charge is 0.255 e. The summed E-state index contributed by atoms with van der Waals surface area (Å²) in [5.41, 5.74) is 5.78. The van der Waals surface area contributed by atoms with Crippen LogP contribution < -0.4 is 0 Å². The van der Waals surface area contributed by atoms with Gasteiger partial charge in [0.2, 0.25) is 0 Å². The number of nitrogens with zero attached hydrogens (tertiary/aromatic N) is 4. The normalized spacial score (nSPS) is 13.3. The van der Waals surface area contributed by atoms with Crippen molar-refractivity contribution in [3.63, 3.8) is 0 Å². The van der Waals surface area contributed by atoms with Crippen LogP contribution in [0.4, 0.5) is 0 Å². The van der Waals surface area contributed by atoms with Gasteiger partial charge in [-0.1, -0.05) is 42.5 Å². The fraction of sp³-hybridized carbons (Fsp3) is 0.211. The molecule has 1 aliphatic rings. The van der Waals surface area contributed by atoms with Crippen LogP contribution in [-0.2, 0) is 13.1 Å². The maximum atomic E-state index is 12.9. The first kappa shape index (κ1) is 15.8. The second kappa shape index (κ2) is 5.70. The summed E-state index contributed by atoms with van der Waals surface area (Å²) in [5.74, 6) is -0.0194. The molecule has 0 fully saturated rings. The van der Waals surface area contributed by atoms with Crippen LogP contribution in [-0.4, -0.2) is 25.4 Å². The van der Waals surface area contributed by atoms with Crippen molar-refractivity contribution in [1.29, 1.82) is 0 Å². The fourth-order valence-corrected chi connectivity index (χ4v) is 3.42. The molecule has 0 spiro atoms. The molecule has 1 amide bonds. The van der Waals surface area contributed by atoms with Gasteiger partial charge in [-0.3, -0.25) is 4.79 Å². The number of amides is 1. The van der Waals surface area contributed by atoms with Gasteiger partial charge < -0.3 is 4.90 Å². The van der Waals surface area contributed by atoms with E-state index >= 15 is 0 Å². The lowest BCUT2D eigenvalue weighted by molar-refractivity contribution is 0.0749. The summed E-state index contributed by atoms with van der Waals surface area (Å²) < 4.78 is 1.78. The molecule has 6 heteroatoms. The Morgan fingerprint density at radius 3 is 2.80 bits per heavy atom. The molecular formula is C19H17ClN4O. The number of rotatable bonds is 2. The zero-order valence-corrected chi connectivity index (χ0v) is 14.8. The molecule has 0 bridgehead atoms. The molecule has 25 heavy (non-hydrogen) atoms. The third-order valence-corrected chi connectivity index (χ3v) is 5.20. The number of carbonyl (C=O) groups is 1. The average molecular weight is 353 g/mol. The van der Waals surface area contributed by atoms with E-state index in [0.29, 0.717) is 23.7 Å². The van der Waals surface area contributed by atoms with E-state index < -0.39 is 0 Å². The molecule has 3 heterocycles. The second-order valence-electron chi connectivity index (χ2n) is 6.21. The van der Waals surface area contributed by atoms with E-state index in [1.807, 2.05) is 38.1 Å². The van der Waals surface area contributed by atoms with Crippen molar-refractivity contribution >= 4 is 29.2 Å². The molecule has 0 aliphatic carbocycles. The lowest BCUT2D eigenvalue weighted by Crippen LogP contribution is -2.26. The molecule has 0 radical (unpaired) electrons. The standard InChI is InChI=1S/C19H17ClN4O/c1-4-13-7-5-6-8-14(13)19(25)23-9-15-16(10-23)22-24-12(3)17(20)11(2)21-18(15)24/h4-8H,1,9-10H2,2-3H3. The van der Waals surface area contributed by atoms with Crippen molar-refractivity contribution in [2.24, 2.45) is 0 Å². The monoisotopic (exact) mass is 352 g/mol. The van der Waals surface area contributed by atoms with Crippen molar-refractivity contribution in [2.75, 3.05) is 0 Å². The highest BCUT2D eigenvalue weighted by Crippen LogP contribution is 2.30. The zero-order chi connectivity index (χ0) is 17.7. The Labute approximate surface area is 150 Å². The van der Waals surface area contributed by atoms with Crippen molar-refractivity contribution < 1.29 is 4.79 Å². The largest absolute Gasteiger partial charge is 0.328 e. The Morgan fingerprint density at radius 1 is 1.28 bits per heavy atom. The molecule has 2 aromatic heterocycles. The molecule has 5 nitrogen and oxygen atoms in total. The number of benzene rings is 1. The van der Waals surface area contributed by atoms with E-state index in [9.17, 15) is 4.79 Å². The van der Waals surface area contributed by atoms with Crippen molar-refractivity contribution in [3.8, 4) is 0 Å². The average Bonchev–Trinajstić information content (AvgIpc) is 3.18. The summed E-state index contributed by atoms with van der Waals surface area (Å²) in [6.45, 7) is 8.57. The maximum absolute atomic E-state index is 12.9. The van der Waals surface area contributed by atoms with Crippen LogP contribution in [0.1, 0.15) is 38.6 Å². The van der Waals surface area contributed by atoms with Crippen LogP contribution in [0, 0.1) is 13.8 Å². The van der Waals surface area contributed by atoms with E-state index in [0.717, 1.165) is 33.9 Å². The molecule has 0 unspecified atom stereocenters. The summed E-state index contributed by atoms with van der Waals surface area (Å²) in [4.78, 5) is 19.3. The fourth-order valence-electron chi connectivity index (χ4n) is 3.30. The Morgan fingerprint density at radius 2 is 2.04 bits per heavy atom. The Balaban J connectivity index is 1.72. The number of carbonyl (C=O) groups excluding carboxylic acids is 1. The minimum Gasteiger partial charge on any atom is -0.328 e. The molecule has 1 aromatic carbocycles. The third-order valence-electron chi connectivity index (χ3n) is 4.65. The number of hydrogen-bond acceptors (Lipinski definition) is 3. The highest BCUT2D eigenvalue weighted by molar-refractivity contribution is 6.31. The molecule has 126 valence electrons. The third kappa shape index (κ3) is 2.35. The van der Waals surface area contributed by atoms with Gasteiger partial charge in [-0.25, -0.2) is 9.50 Å². The summed E-state index contributed by atoms with van der Waals surface area (Å²) in [6.07, 6.45) is 1.70. The highest BCUT2D eigenvalue weighted by atomic mass is 35.5. The molecule has 3 aromatic rings. The molecule has 0 N–H and O–H groups in total. The van der Waals surface area contributed by atoms with Crippen LogP contribution in [0.15, 0.2) is 30.8 Å². The number of aryl methyl sites for hydroxylation is 2. The lowest BCUT2D eigenvalue weighted by atomic mass is 10.1. The van der Waals surface area contributed by atoms with Gasteiger partial charge in [-0.15, -0.1) is 0 Å². The molecule has 0 saturated heterocycles. The molecule has 1 aliphatic heterocycles. The van der Waals surface area contributed by atoms with Gasteiger partial charge in [-0.05, 0) is 25.5 Å². The summed E-state index contributed by atoms with van der Waals surface area (Å²) in [7, 11) is 0. The topological polar surface area (TPSA) is 50.5 Å². The van der Waals surface area contributed by atoms with E-state index in [4.69, 9.17) is 11.6 Å². The van der Waals surface area contributed by atoms with Gasteiger partial charge in [0.15, 0.2) is 5.65 Å². The van der Waals surface area contributed by atoms with E-state index in [1.165, 1.54) is 0 Å². The first-order valence-corrected chi connectivity index (χ1v) is 8.43. The van der Waals surface area contributed by atoms with Crippen LogP contribution in [0.2, 0.25) is 5.02 Å². The van der Waals surface area contributed by atoms with Crippen molar-refractivity contribution in [1.82, 2.24) is 19.5 Å². The zero-order valence-electron chi connectivity index (χ0n) is 14.1. The van der Waals surface area contributed by atoms with Gasteiger partial charge >= 0.3 is 0 Å².